The zero-order valence-corrected chi connectivity index (χ0v) is 17.9. The first-order valence-electron chi connectivity index (χ1n) is 10.3. The zero-order chi connectivity index (χ0) is 20.1. The van der Waals surface area contributed by atoms with E-state index in [0.717, 1.165) is 38.2 Å². The van der Waals surface area contributed by atoms with Gasteiger partial charge in [-0.25, -0.2) is 0 Å². The highest BCUT2D eigenvalue weighted by Gasteiger charge is 2.18. The van der Waals surface area contributed by atoms with Crippen LogP contribution in [0.2, 0.25) is 0 Å². The molecule has 0 bridgehead atoms. The summed E-state index contributed by atoms with van der Waals surface area (Å²) >= 11 is 0. The molecule has 2 rings (SSSR count). The van der Waals surface area contributed by atoms with Crippen LogP contribution in [0.25, 0.3) is 0 Å². The minimum Gasteiger partial charge on any atom is -0.492 e. The van der Waals surface area contributed by atoms with Crippen LogP contribution in [0.4, 0.5) is 0 Å². The molecule has 1 aliphatic rings. The van der Waals surface area contributed by atoms with Crippen molar-refractivity contribution in [1.82, 2.24) is 4.90 Å². The van der Waals surface area contributed by atoms with Gasteiger partial charge in [0.25, 0.3) is 0 Å². The van der Waals surface area contributed by atoms with Crippen molar-refractivity contribution in [3.05, 3.63) is 71.0 Å². The van der Waals surface area contributed by atoms with Crippen LogP contribution in [-0.4, -0.2) is 30.6 Å². The van der Waals surface area contributed by atoms with Gasteiger partial charge in [-0.15, -0.1) is 0 Å². The maximum absolute atomic E-state index is 6.31. The lowest BCUT2D eigenvalue weighted by Gasteiger charge is -2.30. The van der Waals surface area contributed by atoms with Gasteiger partial charge in [-0.2, -0.15) is 0 Å². The fourth-order valence-electron chi connectivity index (χ4n) is 3.08. The van der Waals surface area contributed by atoms with Crippen molar-refractivity contribution >= 4 is 0 Å². The predicted octanol–water partition coefficient (Wildman–Crippen LogP) is 5.23. The van der Waals surface area contributed by atoms with E-state index < -0.39 is 0 Å². The molecule has 0 radical (unpaired) electrons. The van der Waals surface area contributed by atoms with E-state index in [4.69, 9.17) is 10.5 Å². The molecule has 1 aromatic carbocycles. The van der Waals surface area contributed by atoms with Crippen molar-refractivity contribution in [3.63, 3.8) is 0 Å². The molecule has 2 N–H and O–H groups in total. The Morgan fingerprint density at radius 3 is 2.63 bits per heavy atom. The van der Waals surface area contributed by atoms with Crippen LogP contribution in [0.1, 0.15) is 52.2 Å². The standard InChI is InChI=1S/C22H32N2O.C2H6/c1-4-6-9-18(3)14-22(5-2)25-17-21(23)16-24-13-12-19-10-7-8-11-20(19)15-24;1-2/h5-11,14,21H,4,12-13,15-17,23H2,1-3H3;1-2H3/b9-6+,18-14-,22-5+;. The van der Waals surface area contributed by atoms with Crippen LogP contribution in [0.15, 0.2) is 59.9 Å². The summed E-state index contributed by atoms with van der Waals surface area (Å²) in [6.07, 6.45) is 10.5. The molecule has 1 heterocycles. The van der Waals surface area contributed by atoms with Gasteiger partial charge in [-0.05, 0) is 55.5 Å². The van der Waals surface area contributed by atoms with Gasteiger partial charge in [0.05, 0.1) is 6.04 Å². The lowest BCUT2D eigenvalue weighted by molar-refractivity contribution is 0.163. The summed E-state index contributed by atoms with van der Waals surface area (Å²) in [4.78, 5) is 2.43. The summed E-state index contributed by atoms with van der Waals surface area (Å²) < 4.78 is 5.91. The number of nitrogens with two attached hydrogens (primary N) is 1. The molecule has 3 heteroatoms. The van der Waals surface area contributed by atoms with E-state index in [2.05, 4.69) is 61.2 Å². The molecule has 1 atom stereocenters. The van der Waals surface area contributed by atoms with Gasteiger partial charge in [-0.1, -0.05) is 57.2 Å². The second-order valence-corrected chi connectivity index (χ2v) is 6.71. The third kappa shape index (κ3) is 8.59. The van der Waals surface area contributed by atoms with Crippen molar-refractivity contribution < 1.29 is 4.74 Å². The second-order valence-electron chi connectivity index (χ2n) is 6.71. The molecule has 150 valence electrons. The predicted molar refractivity (Wildman–Crippen MR) is 118 cm³/mol. The lowest BCUT2D eigenvalue weighted by Crippen LogP contribution is -2.42. The molecular formula is C24H38N2O. The monoisotopic (exact) mass is 370 g/mol. The highest BCUT2D eigenvalue weighted by atomic mass is 16.5. The van der Waals surface area contributed by atoms with Crippen LogP contribution in [0.5, 0.6) is 0 Å². The molecule has 1 unspecified atom stereocenters. The number of fused-ring (bicyclic) bond motifs is 1. The van der Waals surface area contributed by atoms with Gasteiger partial charge >= 0.3 is 0 Å². The molecule has 0 amide bonds. The molecule has 27 heavy (non-hydrogen) atoms. The molecule has 0 spiro atoms. The van der Waals surface area contributed by atoms with Crippen molar-refractivity contribution in [2.75, 3.05) is 19.7 Å². The Morgan fingerprint density at radius 2 is 1.96 bits per heavy atom. The Bertz CT molecular complexity index is 631. The molecule has 0 saturated heterocycles. The summed E-state index contributed by atoms with van der Waals surface area (Å²) in [5.41, 5.74) is 10.4. The molecule has 0 fully saturated rings. The summed E-state index contributed by atoms with van der Waals surface area (Å²) in [5.74, 6) is 0.887. The Hall–Kier alpha value is -1.84. The Kier molecular flexibility index (Phi) is 11.5. The normalized spacial score (nSPS) is 16.5. The average Bonchev–Trinajstić information content (AvgIpc) is 2.71. The topological polar surface area (TPSA) is 38.5 Å². The fraction of sp³-hybridized carbons (Fsp3) is 0.500. The SMILES string of the molecule is CC.C\C=C(/C=C(C)\C=C\CC)OCC(N)CN1CCc2ccccc2C1. The van der Waals surface area contributed by atoms with Crippen molar-refractivity contribution in [3.8, 4) is 0 Å². The van der Waals surface area contributed by atoms with Gasteiger partial charge < -0.3 is 10.5 Å². The van der Waals surface area contributed by atoms with E-state index in [-0.39, 0.29) is 6.04 Å². The Labute approximate surface area is 166 Å². The fourth-order valence-corrected chi connectivity index (χ4v) is 3.08. The van der Waals surface area contributed by atoms with E-state index in [1.165, 1.54) is 16.7 Å². The van der Waals surface area contributed by atoms with Gasteiger partial charge in [0.1, 0.15) is 12.4 Å². The first kappa shape index (κ1) is 23.2. The number of allylic oxidation sites excluding steroid dienone is 5. The third-order valence-electron chi connectivity index (χ3n) is 4.44. The molecule has 0 aliphatic carbocycles. The van der Waals surface area contributed by atoms with Crippen LogP contribution < -0.4 is 5.73 Å². The Balaban J connectivity index is 0.00000176. The van der Waals surface area contributed by atoms with E-state index in [1.54, 1.807) is 0 Å². The van der Waals surface area contributed by atoms with Crippen molar-refractivity contribution in [1.29, 1.82) is 0 Å². The molecule has 1 aromatic rings. The van der Waals surface area contributed by atoms with Gasteiger partial charge in [0, 0.05) is 19.6 Å². The van der Waals surface area contributed by atoms with E-state index in [1.807, 2.05) is 26.8 Å². The largest absolute Gasteiger partial charge is 0.492 e. The van der Waals surface area contributed by atoms with Gasteiger partial charge in [0.15, 0.2) is 0 Å². The maximum Gasteiger partial charge on any atom is 0.115 e. The number of rotatable bonds is 8. The minimum atomic E-state index is 0.0140. The molecule has 3 nitrogen and oxygen atoms in total. The number of benzene rings is 1. The van der Waals surface area contributed by atoms with Crippen molar-refractivity contribution in [2.45, 2.75) is 60.0 Å². The lowest BCUT2D eigenvalue weighted by atomic mass is 10.00. The smallest absolute Gasteiger partial charge is 0.115 e. The number of hydrogen-bond donors (Lipinski definition) is 1. The third-order valence-corrected chi connectivity index (χ3v) is 4.44. The van der Waals surface area contributed by atoms with Gasteiger partial charge in [0.2, 0.25) is 0 Å². The summed E-state index contributed by atoms with van der Waals surface area (Å²) in [7, 11) is 0. The van der Waals surface area contributed by atoms with E-state index >= 15 is 0 Å². The van der Waals surface area contributed by atoms with Crippen LogP contribution in [-0.2, 0) is 17.7 Å². The highest BCUT2D eigenvalue weighted by Crippen LogP contribution is 2.18. The summed E-state index contributed by atoms with van der Waals surface area (Å²) in [5, 5.41) is 0. The molecule has 1 aliphatic heterocycles. The number of ether oxygens (including phenoxy) is 1. The molecule has 0 saturated carbocycles. The van der Waals surface area contributed by atoms with E-state index in [9.17, 15) is 0 Å². The molecule has 0 aromatic heterocycles. The summed E-state index contributed by atoms with van der Waals surface area (Å²) in [6, 6.07) is 8.71. The zero-order valence-electron chi connectivity index (χ0n) is 17.9. The van der Waals surface area contributed by atoms with Crippen molar-refractivity contribution in [2.24, 2.45) is 5.73 Å². The maximum atomic E-state index is 6.31. The first-order valence-corrected chi connectivity index (χ1v) is 10.3. The average molecular weight is 371 g/mol. The quantitative estimate of drug-likeness (QED) is 0.503. The van der Waals surface area contributed by atoms with Crippen LogP contribution in [0.3, 0.4) is 0 Å². The molecular weight excluding hydrogens is 332 g/mol. The minimum absolute atomic E-state index is 0.0140. The van der Waals surface area contributed by atoms with E-state index in [0.29, 0.717) is 6.61 Å². The summed E-state index contributed by atoms with van der Waals surface area (Å²) in [6.45, 7) is 13.7. The number of nitrogens with zero attached hydrogens (tertiary/aromatic N) is 1. The number of hydrogen-bond acceptors (Lipinski definition) is 3. The Morgan fingerprint density at radius 1 is 1.26 bits per heavy atom. The highest BCUT2D eigenvalue weighted by molar-refractivity contribution is 5.29. The second kappa shape index (κ2) is 13.3. The van der Waals surface area contributed by atoms with Crippen LogP contribution in [0, 0.1) is 0 Å². The first-order chi connectivity index (χ1) is 13.1. The van der Waals surface area contributed by atoms with Crippen LogP contribution >= 0.6 is 0 Å². The van der Waals surface area contributed by atoms with Gasteiger partial charge in [-0.3, -0.25) is 4.90 Å².